The predicted octanol–water partition coefficient (Wildman–Crippen LogP) is 2.98. The van der Waals surface area contributed by atoms with E-state index in [9.17, 15) is 4.39 Å². The number of halogens is 3. The summed E-state index contributed by atoms with van der Waals surface area (Å²) in [5, 5.41) is 3.32. The van der Waals surface area contributed by atoms with E-state index in [0.29, 0.717) is 5.56 Å². The highest BCUT2D eigenvalue weighted by molar-refractivity contribution is 5.85. The first-order chi connectivity index (χ1) is 8.68. The summed E-state index contributed by atoms with van der Waals surface area (Å²) in [6.45, 7) is 9.73. The van der Waals surface area contributed by atoms with E-state index in [4.69, 9.17) is 0 Å². The standard InChI is InChI=1S/C14H20FN3.2ClH/c1-11(2)10-13(18-8-6-16-7-9-18)12-4-3-5-17-14(12)15;;/h3-5,13,16H,1,6-10H2,2H3;2*1H/t13-;;/m0../s1. The summed E-state index contributed by atoms with van der Waals surface area (Å²) in [4.78, 5) is 6.07. The van der Waals surface area contributed by atoms with Crippen molar-refractivity contribution in [2.45, 2.75) is 19.4 Å². The molecule has 2 heterocycles. The Morgan fingerprint density at radius 3 is 2.65 bits per heavy atom. The maximum absolute atomic E-state index is 13.9. The highest BCUT2D eigenvalue weighted by Crippen LogP contribution is 2.28. The first-order valence-corrected chi connectivity index (χ1v) is 6.38. The normalized spacial score (nSPS) is 16.7. The van der Waals surface area contributed by atoms with Gasteiger partial charge in [0.25, 0.3) is 0 Å². The van der Waals surface area contributed by atoms with Gasteiger partial charge in [0.1, 0.15) is 0 Å². The van der Waals surface area contributed by atoms with Gasteiger partial charge < -0.3 is 5.32 Å². The second-order valence-corrected chi connectivity index (χ2v) is 4.85. The summed E-state index contributed by atoms with van der Waals surface area (Å²) in [5.41, 5.74) is 1.75. The van der Waals surface area contributed by atoms with E-state index in [1.807, 2.05) is 13.0 Å². The van der Waals surface area contributed by atoms with E-state index in [0.717, 1.165) is 38.2 Å². The molecular formula is C14H22Cl2FN3. The zero-order chi connectivity index (χ0) is 13.0. The third kappa shape index (κ3) is 5.02. The van der Waals surface area contributed by atoms with Crippen LogP contribution in [-0.2, 0) is 0 Å². The quantitative estimate of drug-likeness (QED) is 0.682. The van der Waals surface area contributed by atoms with Crippen LogP contribution in [0.1, 0.15) is 24.9 Å². The van der Waals surface area contributed by atoms with Crippen LogP contribution < -0.4 is 5.32 Å². The van der Waals surface area contributed by atoms with Gasteiger partial charge in [0.15, 0.2) is 0 Å². The zero-order valence-corrected chi connectivity index (χ0v) is 13.3. The summed E-state index contributed by atoms with van der Waals surface area (Å²) in [6, 6.07) is 3.68. The molecule has 0 spiro atoms. The topological polar surface area (TPSA) is 28.2 Å². The van der Waals surface area contributed by atoms with Crippen LogP contribution in [0.15, 0.2) is 30.5 Å². The lowest BCUT2D eigenvalue weighted by molar-refractivity contribution is 0.168. The Kier molecular flexibility index (Phi) is 8.98. The minimum absolute atomic E-state index is 0. The first-order valence-electron chi connectivity index (χ1n) is 6.38. The number of aromatic nitrogens is 1. The smallest absolute Gasteiger partial charge is 0.217 e. The molecule has 1 atom stereocenters. The molecule has 0 bridgehead atoms. The van der Waals surface area contributed by atoms with Crippen LogP contribution in [0.5, 0.6) is 0 Å². The Morgan fingerprint density at radius 2 is 2.10 bits per heavy atom. The van der Waals surface area contributed by atoms with Gasteiger partial charge in [-0.25, -0.2) is 4.98 Å². The average molecular weight is 322 g/mol. The Hall–Kier alpha value is -0.680. The molecule has 0 aliphatic carbocycles. The van der Waals surface area contributed by atoms with Crippen molar-refractivity contribution in [2.24, 2.45) is 0 Å². The molecule has 1 aromatic heterocycles. The highest BCUT2D eigenvalue weighted by Gasteiger charge is 2.24. The summed E-state index contributed by atoms with van der Waals surface area (Å²) >= 11 is 0. The van der Waals surface area contributed by atoms with E-state index in [2.05, 4.69) is 21.8 Å². The predicted molar refractivity (Wildman–Crippen MR) is 85.3 cm³/mol. The SMILES string of the molecule is C=C(C)C[C@@H](c1cccnc1F)N1CCNCC1.Cl.Cl. The van der Waals surface area contributed by atoms with Gasteiger partial charge in [0, 0.05) is 44.0 Å². The number of hydrogen-bond donors (Lipinski definition) is 1. The molecule has 0 amide bonds. The molecule has 1 saturated heterocycles. The van der Waals surface area contributed by atoms with Crippen molar-refractivity contribution in [3.8, 4) is 0 Å². The van der Waals surface area contributed by atoms with Crippen LogP contribution in [0, 0.1) is 5.95 Å². The van der Waals surface area contributed by atoms with E-state index >= 15 is 0 Å². The van der Waals surface area contributed by atoms with Gasteiger partial charge in [-0.1, -0.05) is 11.6 Å². The molecule has 1 N–H and O–H groups in total. The van der Waals surface area contributed by atoms with Crippen LogP contribution in [-0.4, -0.2) is 36.1 Å². The molecule has 0 saturated carbocycles. The maximum atomic E-state index is 13.9. The van der Waals surface area contributed by atoms with Gasteiger partial charge in [-0.15, -0.1) is 31.4 Å². The van der Waals surface area contributed by atoms with Crippen molar-refractivity contribution in [1.82, 2.24) is 15.2 Å². The average Bonchev–Trinajstić information content (AvgIpc) is 2.38. The summed E-state index contributed by atoms with van der Waals surface area (Å²) < 4.78 is 13.9. The Balaban J connectivity index is 0.00000180. The largest absolute Gasteiger partial charge is 0.314 e. The lowest BCUT2D eigenvalue weighted by atomic mass is 9.99. The fraction of sp³-hybridized carbons (Fsp3) is 0.500. The van der Waals surface area contributed by atoms with Gasteiger partial charge in [-0.3, -0.25) is 4.90 Å². The zero-order valence-electron chi connectivity index (χ0n) is 11.6. The molecule has 3 nitrogen and oxygen atoms in total. The third-order valence-electron chi connectivity index (χ3n) is 3.28. The van der Waals surface area contributed by atoms with E-state index < -0.39 is 0 Å². The Morgan fingerprint density at radius 1 is 1.45 bits per heavy atom. The van der Waals surface area contributed by atoms with E-state index in [-0.39, 0.29) is 36.8 Å². The number of piperazine rings is 1. The monoisotopic (exact) mass is 321 g/mol. The lowest BCUT2D eigenvalue weighted by Crippen LogP contribution is -2.45. The van der Waals surface area contributed by atoms with Crippen molar-refractivity contribution in [3.05, 3.63) is 42.0 Å². The van der Waals surface area contributed by atoms with Crippen LogP contribution in [0.3, 0.4) is 0 Å². The molecule has 0 radical (unpaired) electrons. The van der Waals surface area contributed by atoms with E-state index in [1.54, 1.807) is 6.07 Å². The van der Waals surface area contributed by atoms with Crippen LogP contribution >= 0.6 is 24.8 Å². The number of hydrogen-bond acceptors (Lipinski definition) is 3. The van der Waals surface area contributed by atoms with Gasteiger partial charge >= 0.3 is 0 Å². The molecule has 0 aromatic carbocycles. The molecule has 0 unspecified atom stereocenters. The summed E-state index contributed by atoms with van der Waals surface area (Å²) in [6.07, 6.45) is 2.27. The second kappa shape index (κ2) is 9.29. The Labute approximate surface area is 132 Å². The molecule has 6 heteroatoms. The molecule has 1 aliphatic heterocycles. The van der Waals surface area contributed by atoms with Crippen LogP contribution in [0.25, 0.3) is 0 Å². The first kappa shape index (κ1) is 19.3. The summed E-state index contributed by atoms with van der Waals surface area (Å²) in [7, 11) is 0. The number of pyridine rings is 1. The Bertz CT molecular complexity index is 423. The van der Waals surface area contributed by atoms with Gasteiger partial charge in [0.05, 0.1) is 0 Å². The van der Waals surface area contributed by atoms with Gasteiger partial charge in [-0.2, -0.15) is 4.39 Å². The molecule has 1 aromatic rings. The molecule has 20 heavy (non-hydrogen) atoms. The minimum atomic E-state index is -0.359. The molecule has 1 fully saturated rings. The van der Waals surface area contributed by atoms with Crippen molar-refractivity contribution < 1.29 is 4.39 Å². The van der Waals surface area contributed by atoms with Gasteiger partial charge in [-0.05, 0) is 19.4 Å². The molecule has 114 valence electrons. The molecule has 1 aliphatic rings. The lowest BCUT2D eigenvalue weighted by Gasteiger charge is -2.35. The van der Waals surface area contributed by atoms with Crippen molar-refractivity contribution >= 4 is 24.8 Å². The summed E-state index contributed by atoms with van der Waals surface area (Å²) in [5.74, 6) is -0.359. The molecule has 2 rings (SSSR count). The van der Waals surface area contributed by atoms with Crippen LogP contribution in [0.4, 0.5) is 4.39 Å². The number of rotatable bonds is 4. The number of nitrogens with zero attached hydrogens (tertiary/aromatic N) is 2. The minimum Gasteiger partial charge on any atom is -0.314 e. The van der Waals surface area contributed by atoms with Crippen molar-refractivity contribution in [2.75, 3.05) is 26.2 Å². The second-order valence-electron chi connectivity index (χ2n) is 4.85. The van der Waals surface area contributed by atoms with Crippen molar-refractivity contribution in [1.29, 1.82) is 0 Å². The van der Waals surface area contributed by atoms with Crippen molar-refractivity contribution in [3.63, 3.8) is 0 Å². The fourth-order valence-electron chi connectivity index (χ4n) is 2.41. The fourth-order valence-corrected chi connectivity index (χ4v) is 2.41. The highest BCUT2D eigenvalue weighted by atomic mass is 35.5. The molecular weight excluding hydrogens is 300 g/mol. The number of nitrogens with one attached hydrogen (secondary N) is 1. The van der Waals surface area contributed by atoms with Crippen LogP contribution in [0.2, 0.25) is 0 Å². The third-order valence-corrected chi connectivity index (χ3v) is 3.28. The maximum Gasteiger partial charge on any atom is 0.217 e. The van der Waals surface area contributed by atoms with Gasteiger partial charge in [0.2, 0.25) is 5.95 Å². The van der Waals surface area contributed by atoms with E-state index in [1.165, 1.54) is 6.20 Å².